The average Bonchev–Trinajstić information content (AvgIpc) is 2.84. The van der Waals surface area contributed by atoms with Gasteiger partial charge in [-0.3, -0.25) is 33.7 Å². The maximum Gasteiger partial charge on any atom is 0.235 e. The van der Waals surface area contributed by atoms with Gasteiger partial charge in [0.05, 0.1) is 17.5 Å². The third-order valence-electron chi connectivity index (χ3n) is 8.73. The molecule has 42 heavy (non-hydrogen) atoms. The van der Waals surface area contributed by atoms with Gasteiger partial charge in [0.1, 0.15) is 5.75 Å². The molecule has 6 atom stereocenters. The van der Waals surface area contributed by atoms with Crippen molar-refractivity contribution < 1.29 is 39.0 Å². The number of rotatable bonds is 6. The average molecular weight is 585 g/mol. The molecule has 1 aromatic rings. The van der Waals surface area contributed by atoms with E-state index in [1.165, 1.54) is 4.90 Å². The molecule has 12 heteroatoms. The Bertz CT molecular complexity index is 1390. The van der Waals surface area contributed by atoms with Crippen LogP contribution >= 0.6 is 0 Å². The van der Waals surface area contributed by atoms with Crippen LogP contribution in [0.4, 0.5) is 5.69 Å². The Morgan fingerprint density at radius 3 is 2.24 bits per heavy atom. The SMILES string of the molecule is CN(C)c1cc(CCC(=O)NC(C)(C)C)c(O)c2c1C[C@H]1C[C@H]3[C@H](N(C)C)C(=O)C(C(N)=O)C(=O)[C@@]3(O)C(=O)C1C2=O. The fraction of sp³-hybridized carbons (Fsp3) is 0.600. The van der Waals surface area contributed by atoms with Crippen molar-refractivity contribution in [2.75, 3.05) is 33.1 Å². The number of nitrogens with one attached hydrogen (secondary N) is 1. The van der Waals surface area contributed by atoms with Gasteiger partial charge in [0.25, 0.3) is 0 Å². The van der Waals surface area contributed by atoms with Crippen LogP contribution in [0.2, 0.25) is 0 Å². The number of likely N-dealkylation sites (N-methyl/N-ethyl adjacent to an activating group) is 1. The Morgan fingerprint density at radius 2 is 1.71 bits per heavy atom. The Balaban J connectivity index is 1.80. The molecule has 0 heterocycles. The minimum Gasteiger partial charge on any atom is -0.507 e. The number of aryl methyl sites for hydroxylation is 1. The van der Waals surface area contributed by atoms with Crippen molar-refractivity contribution in [2.45, 2.75) is 63.6 Å². The monoisotopic (exact) mass is 584 g/mol. The van der Waals surface area contributed by atoms with Gasteiger partial charge in [0, 0.05) is 37.7 Å². The van der Waals surface area contributed by atoms with Crippen LogP contribution in [0.3, 0.4) is 0 Å². The van der Waals surface area contributed by atoms with Gasteiger partial charge in [-0.05, 0) is 77.2 Å². The Labute approximate surface area is 244 Å². The number of Topliss-reactive ketones (excluding diaryl/α,β-unsaturated/α-hetero) is 4. The zero-order valence-corrected chi connectivity index (χ0v) is 25.1. The fourth-order valence-corrected chi connectivity index (χ4v) is 7.02. The molecule has 5 N–H and O–H groups in total. The molecular formula is C30H40N4O8. The molecule has 2 unspecified atom stereocenters. The maximum atomic E-state index is 14.1. The Hall–Kier alpha value is -3.64. The first-order valence-electron chi connectivity index (χ1n) is 14.0. The number of primary amides is 1. The molecule has 0 aliphatic heterocycles. The van der Waals surface area contributed by atoms with Gasteiger partial charge in [0.2, 0.25) is 11.8 Å². The lowest BCUT2D eigenvalue weighted by molar-refractivity contribution is -0.181. The Morgan fingerprint density at radius 1 is 1.10 bits per heavy atom. The maximum absolute atomic E-state index is 14.1. The molecule has 228 valence electrons. The molecule has 0 saturated heterocycles. The van der Waals surface area contributed by atoms with Crippen LogP contribution in [-0.4, -0.2) is 95.4 Å². The topological polar surface area (TPSA) is 187 Å². The highest BCUT2D eigenvalue weighted by molar-refractivity contribution is 6.32. The summed E-state index contributed by atoms with van der Waals surface area (Å²) in [5, 5.41) is 25.9. The second-order valence-corrected chi connectivity index (χ2v) is 13.2. The molecule has 2 saturated carbocycles. The lowest BCUT2D eigenvalue weighted by atomic mass is 9.52. The lowest BCUT2D eigenvalue weighted by Gasteiger charge is -2.52. The van der Waals surface area contributed by atoms with Gasteiger partial charge >= 0.3 is 0 Å². The van der Waals surface area contributed by atoms with Crippen LogP contribution < -0.4 is 16.0 Å². The molecule has 0 bridgehead atoms. The number of ketones is 4. The number of carbonyl (C=O) groups is 6. The number of aromatic hydroxyl groups is 1. The fourth-order valence-electron chi connectivity index (χ4n) is 7.02. The number of hydrogen-bond donors (Lipinski definition) is 4. The van der Waals surface area contributed by atoms with Crippen LogP contribution in [0.5, 0.6) is 5.75 Å². The number of benzene rings is 1. The minimum atomic E-state index is -2.78. The van der Waals surface area contributed by atoms with Gasteiger partial charge in [-0.25, -0.2) is 0 Å². The van der Waals surface area contributed by atoms with E-state index in [0.29, 0.717) is 16.8 Å². The molecule has 4 rings (SSSR count). The van der Waals surface area contributed by atoms with E-state index in [9.17, 15) is 39.0 Å². The van der Waals surface area contributed by atoms with Crippen LogP contribution in [0, 0.1) is 23.7 Å². The minimum absolute atomic E-state index is 0.0216. The number of nitrogens with two attached hydrogens (primary N) is 1. The molecule has 2 fully saturated rings. The number of fused-ring (bicyclic) bond motifs is 3. The number of phenolic OH excluding ortho intramolecular Hbond substituents is 1. The summed E-state index contributed by atoms with van der Waals surface area (Å²) >= 11 is 0. The zero-order valence-electron chi connectivity index (χ0n) is 25.1. The molecule has 0 spiro atoms. The van der Waals surface area contributed by atoms with Crippen molar-refractivity contribution in [3.63, 3.8) is 0 Å². The van der Waals surface area contributed by atoms with Crippen molar-refractivity contribution in [2.24, 2.45) is 29.4 Å². The summed E-state index contributed by atoms with van der Waals surface area (Å²) in [5.74, 6) is -11.1. The number of nitrogens with zero attached hydrogens (tertiary/aromatic N) is 2. The summed E-state index contributed by atoms with van der Waals surface area (Å²) in [6.45, 7) is 5.54. The van der Waals surface area contributed by atoms with Crippen molar-refractivity contribution >= 4 is 40.6 Å². The lowest BCUT2D eigenvalue weighted by Crippen LogP contribution is -2.74. The molecule has 12 nitrogen and oxygen atoms in total. The van der Waals surface area contributed by atoms with Crippen LogP contribution in [0.15, 0.2) is 6.07 Å². The van der Waals surface area contributed by atoms with E-state index >= 15 is 0 Å². The quantitative estimate of drug-likeness (QED) is 0.326. The second-order valence-electron chi connectivity index (χ2n) is 13.2. The van der Waals surface area contributed by atoms with E-state index in [1.807, 2.05) is 20.8 Å². The van der Waals surface area contributed by atoms with Crippen LogP contribution in [0.25, 0.3) is 0 Å². The first-order chi connectivity index (χ1) is 19.3. The van der Waals surface area contributed by atoms with E-state index in [0.717, 1.165) is 0 Å². The first-order valence-corrected chi connectivity index (χ1v) is 14.0. The molecule has 3 aliphatic carbocycles. The summed E-state index contributed by atoms with van der Waals surface area (Å²) in [4.78, 5) is 82.7. The normalized spacial score (nSPS) is 29.1. The zero-order chi connectivity index (χ0) is 31.6. The third-order valence-corrected chi connectivity index (χ3v) is 8.73. The number of hydrogen-bond acceptors (Lipinski definition) is 10. The molecule has 2 amide bonds. The number of phenols is 1. The van der Waals surface area contributed by atoms with Crippen molar-refractivity contribution in [1.29, 1.82) is 0 Å². The van der Waals surface area contributed by atoms with E-state index in [1.54, 1.807) is 39.2 Å². The summed E-state index contributed by atoms with van der Waals surface area (Å²) in [7, 11) is 6.63. The van der Waals surface area contributed by atoms with Gasteiger partial charge in [-0.1, -0.05) is 0 Å². The highest BCUT2D eigenvalue weighted by Gasteiger charge is 2.69. The van der Waals surface area contributed by atoms with E-state index < -0.39 is 69.9 Å². The van der Waals surface area contributed by atoms with Gasteiger partial charge in [-0.15, -0.1) is 0 Å². The molecule has 0 aromatic heterocycles. The molecule has 3 aliphatic rings. The van der Waals surface area contributed by atoms with Gasteiger partial charge in [-0.2, -0.15) is 0 Å². The second kappa shape index (κ2) is 10.6. The summed E-state index contributed by atoms with van der Waals surface area (Å²) in [6.07, 6.45) is 0.304. The number of amides is 2. The van der Waals surface area contributed by atoms with E-state index in [-0.39, 0.29) is 42.9 Å². The first kappa shape index (κ1) is 31.3. The van der Waals surface area contributed by atoms with Gasteiger partial charge < -0.3 is 26.2 Å². The largest absolute Gasteiger partial charge is 0.507 e. The predicted molar refractivity (Wildman–Crippen MR) is 152 cm³/mol. The van der Waals surface area contributed by atoms with Crippen molar-refractivity contribution in [3.8, 4) is 5.75 Å². The van der Waals surface area contributed by atoms with E-state index in [2.05, 4.69) is 5.32 Å². The summed E-state index contributed by atoms with van der Waals surface area (Å²) in [6, 6.07) is 0.566. The molecule has 1 aromatic carbocycles. The van der Waals surface area contributed by atoms with Crippen molar-refractivity contribution in [1.82, 2.24) is 10.2 Å². The standard InChI is InChI=1S/C30H40N4O8/c1-29(2,3)32-18(35)9-8-13-12-17(33(4)5)15-10-14-11-16-22(34(6)7)25(38)21(28(31)41)27(40)30(16,42)26(39)19(14)24(37)20(15)23(13)36/h12,14,16,19,21-22,36,42H,8-11H2,1-7H3,(H2,31,41)(H,32,35)/t14-,16-,19?,21?,22-,30-/m0/s1. The van der Waals surface area contributed by atoms with Crippen molar-refractivity contribution in [3.05, 3.63) is 22.8 Å². The van der Waals surface area contributed by atoms with Crippen LogP contribution in [0.1, 0.15) is 55.1 Å². The molecule has 0 radical (unpaired) electrons. The van der Waals surface area contributed by atoms with E-state index in [4.69, 9.17) is 5.73 Å². The smallest absolute Gasteiger partial charge is 0.235 e. The molecular weight excluding hydrogens is 544 g/mol. The Kier molecular flexibility index (Phi) is 7.88. The highest BCUT2D eigenvalue weighted by atomic mass is 16.3. The number of carbonyl (C=O) groups excluding carboxylic acids is 6. The summed E-state index contributed by atoms with van der Waals surface area (Å²) < 4.78 is 0. The third kappa shape index (κ3) is 4.90. The number of anilines is 1. The summed E-state index contributed by atoms with van der Waals surface area (Å²) in [5.41, 5.74) is 3.54. The predicted octanol–water partition coefficient (Wildman–Crippen LogP) is -0.220. The number of aliphatic hydroxyl groups is 1. The van der Waals surface area contributed by atoms with Gasteiger partial charge in [0.15, 0.2) is 34.7 Å². The van der Waals surface area contributed by atoms with Crippen LogP contribution in [-0.2, 0) is 36.8 Å². The highest BCUT2D eigenvalue weighted by Crippen LogP contribution is 2.52.